The van der Waals surface area contributed by atoms with Crippen molar-refractivity contribution in [3.05, 3.63) is 95.6 Å². The molecular weight excluding hydrogens is 488 g/mol. The lowest BCUT2D eigenvalue weighted by Crippen LogP contribution is -2.57. The van der Waals surface area contributed by atoms with Crippen LogP contribution in [0, 0.1) is 6.92 Å². The van der Waals surface area contributed by atoms with Gasteiger partial charge in [-0.05, 0) is 49.7 Å². The molecule has 4 rings (SSSR count). The lowest BCUT2D eigenvalue weighted by Gasteiger charge is -2.40. The zero-order chi connectivity index (χ0) is 25.6. The number of sulfonamides is 2. The van der Waals surface area contributed by atoms with Gasteiger partial charge in [0, 0.05) is 19.2 Å². The van der Waals surface area contributed by atoms with Gasteiger partial charge in [0.1, 0.15) is 0 Å². The number of amides is 2. The zero-order valence-corrected chi connectivity index (χ0v) is 21.0. The molecule has 2 amide bonds. The Morgan fingerprint density at radius 2 is 1.29 bits per heavy atom. The maximum absolute atomic E-state index is 13.7. The fraction of sp³-hybridized carbons (Fsp3) is 0.200. The highest BCUT2D eigenvalue weighted by atomic mass is 32.3. The molecule has 182 valence electrons. The molecule has 0 saturated carbocycles. The average molecular weight is 513 g/mol. The van der Waals surface area contributed by atoms with E-state index in [9.17, 15) is 26.4 Å². The average Bonchev–Trinajstić information content (AvgIpc) is 2.85. The van der Waals surface area contributed by atoms with Crippen LogP contribution in [0.2, 0.25) is 0 Å². The van der Waals surface area contributed by atoms with Crippen LogP contribution in [-0.4, -0.2) is 50.9 Å². The first-order chi connectivity index (χ1) is 16.4. The molecule has 1 atom stereocenters. The van der Waals surface area contributed by atoms with E-state index in [1.165, 1.54) is 62.5 Å². The van der Waals surface area contributed by atoms with Gasteiger partial charge in [0.15, 0.2) is 0 Å². The molecular formula is C25H24N2O6S2. The number of hydrogen-bond donors (Lipinski definition) is 0. The Labute approximate surface area is 204 Å². The van der Waals surface area contributed by atoms with Gasteiger partial charge in [0.05, 0.1) is 15.2 Å². The molecule has 0 spiro atoms. The van der Waals surface area contributed by atoms with E-state index in [0.29, 0.717) is 3.71 Å². The van der Waals surface area contributed by atoms with E-state index in [-0.39, 0.29) is 20.9 Å². The summed E-state index contributed by atoms with van der Waals surface area (Å²) >= 11 is 0. The van der Waals surface area contributed by atoms with Gasteiger partial charge in [-0.3, -0.25) is 14.5 Å². The smallest absolute Gasteiger partial charge is 0.260 e. The van der Waals surface area contributed by atoms with Gasteiger partial charge in [-0.1, -0.05) is 57.8 Å². The molecule has 1 aliphatic heterocycles. The molecule has 0 aliphatic carbocycles. The lowest BCUT2D eigenvalue weighted by atomic mass is 9.75. The van der Waals surface area contributed by atoms with Gasteiger partial charge in [-0.25, -0.2) is 16.8 Å². The van der Waals surface area contributed by atoms with Gasteiger partial charge in [0.2, 0.25) is 5.91 Å². The number of imide groups is 1. The normalized spacial score (nSPS) is 18.6. The van der Waals surface area contributed by atoms with Crippen LogP contribution in [0.3, 0.4) is 0 Å². The fourth-order valence-corrected chi connectivity index (χ4v) is 8.08. The van der Waals surface area contributed by atoms with Crippen LogP contribution in [0.25, 0.3) is 0 Å². The van der Waals surface area contributed by atoms with Crippen LogP contribution in [-0.2, 0) is 30.3 Å². The monoisotopic (exact) mass is 512 g/mol. The summed E-state index contributed by atoms with van der Waals surface area (Å²) < 4.78 is 55.3. The number of fused-ring (bicyclic) bond motifs is 1. The summed E-state index contributed by atoms with van der Waals surface area (Å²) in [6.07, 6.45) is 0. The fourth-order valence-electron chi connectivity index (χ4n) is 4.20. The molecule has 1 heterocycles. The number of nitrogens with zero attached hydrogens (tertiary/aromatic N) is 2. The first kappa shape index (κ1) is 24.8. The minimum absolute atomic E-state index is 0.226. The Morgan fingerprint density at radius 3 is 1.77 bits per heavy atom. The molecule has 35 heavy (non-hydrogen) atoms. The van der Waals surface area contributed by atoms with Crippen LogP contribution in [0.4, 0.5) is 0 Å². The lowest BCUT2D eigenvalue weighted by molar-refractivity contribution is -0.133. The predicted molar refractivity (Wildman–Crippen MR) is 130 cm³/mol. The maximum Gasteiger partial charge on any atom is 0.260 e. The van der Waals surface area contributed by atoms with Crippen molar-refractivity contribution in [2.75, 3.05) is 13.6 Å². The van der Waals surface area contributed by atoms with Crippen molar-refractivity contribution in [3.63, 3.8) is 0 Å². The highest BCUT2D eigenvalue weighted by Crippen LogP contribution is 2.38. The number of rotatable bonds is 6. The van der Waals surface area contributed by atoms with E-state index in [2.05, 4.69) is 0 Å². The Kier molecular flexibility index (Phi) is 6.16. The topological polar surface area (TPSA) is 109 Å². The molecule has 0 aromatic heterocycles. The molecule has 0 saturated heterocycles. The number of aryl methyl sites for hydroxylation is 1. The molecule has 0 radical (unpaired) electrons. The Hall–Kier alpha value is -3.34. The summed E-state index contributed by atoms with van der Waals surface area (Å²) in [5.74, 6) is -1.23. The molecule has 0 N–H and O–H groups in total. The van der Waals surface area contributed by atoms with E-state index >= 15 is 0 Å². The zero-order valence-electron chi connectivity index (χ0n) is 19.4. The minimum Gasteiger partial charge on any atom is -0.281 e. The number of benzene rings is 3. The van der Waals surface area contributed by atoms with Crippen LogP contribution >= 0.6 is 0 Å². The third kappa shape index (κ3) is 4.07. The molecule has 1 aliphatic rings. The van der Waals surface area contributed by atoms with Crippen molar-refractivity contribution in [2.24, 2.45) is 0 Å². The van der Waals surface area contributed by atoms with Crippen LogP contribution in [0.5, 0.6) is 0 Å². The quantitative estimate of drug-likeness (QED) is 0.470. The Bertz CT molecular complexity index is 1450. The van der Waals surface area contributed by atoms with E-state index in [1.807, 2.05) is 0 Å². The summed E-state index contributed by atoms with van der Waals surface area (Å²) in [6.45, 7) is 2.52. The summed E-state index contributed by atoms with van der Waals surface area (Å²) in [5, 5.41) is 0. The van der Waals surface area contributed by atoms with Gasteiger partial charge in [-0.2, -0.15) is 0 Å². The standard InChI is InChI=1S/C25H24N2O6S2/c1-18-14-15-22-21(16-18)23(28)26(3)24(29)25(22,2)17-27(34(30,31)19-10-6-4-7-11-19)35(32,33)20-12-8-5-9-13-20/h4-16H,17H2,1-3H3. The largest absolute Gasteiger partial charge is 0.281 e. The van der Waals surface area contributed by atoms with Crippen molar-refractivity contribution in [2.45, 2.75) is 29.1 Å². The molecule has 0 bridgehead atoms. The predicted octanol–water partition coefficient (Wildman–Crippen LogP) is 2.94. The van der Waals surface area contributed by atoms with E-state index in [4.69, 9.17) is 0 Å². The molecule has 8 nitrogen and oxygen atoms in total. The van der Waals surface area contributed by atoms with Crippen LogP contribution < -0.4 is 0 Å². The maximum atomic E-state index is 13.7. The first-order valence-corrected chi connectivity index (χ1v) is 13.6. The highest BCUT2D eigenvalue weighted by Gasteiger charge is 2.51. The Balaban J connectivity index is 1.96. The van der Waals surface area contributed by atoms with E-state index < -0.39 is 43.8 Å². The SMILES string of the molecule is Cc1ccc2c(c1)C(=O)N(C)C(=O)C2(C)CN(S(=O)(=O)c1ccccc1)S(=O)(=O)c1ccccc1. The summed E-state index contributed by atoms with van der Waals surface area (Å²) in [6, 6.07) is 19.2. The minimum atomic E-state index is -4.62. The second-order valence-corrected chi connectivity index (χ2v) is 12.6. The van der Waals surface area contributed by atoms with Crippen molar-refractivity contribution in [1.29, 1.82) is 0 Å². The van der Waals surface area contributed by atoms with Gasteiger partial charge in [-0.15, -0.1) is 0 Å². The van der Waals surface area contributed by atoms with Crippen molar-refractivity contribution >= 4 is 31.9 Å². The second kappa shape index (κ2) is 8.71. The van der Waals surface area contributed by atoms with Crippen molar-refractivity contribution in [3.8, 4) is 0 Å². The number of likely N-dealkylation sites (N-methyl/N-ethyl adjacent to an activating group) is 1. The summed E-state index contributed by atoms with van der Waals surface area (Å²) in [5.41, 5.74) is -0.389. The molecule has 3 aromatic carbocycles. The number of carbonyl (C=O) groups excluding carboxylic acids is 2. The van der Waals surface area contributed by atoms with Gasteiger partial charge in [0.25, 0.3) is 26.0 Å². The first-order valence-electron chi connectivity index (χ1n) is 10.7. The van der Waals surface area contributed by atoms with Crippen LogP contribution in [0.1, 0.15) is 28.4 Å². The van der Waals surface area contributed by atoms with Crippen molar-refractivity contribution < 1.29 is 26.4 Å². The third-order valence-electron chi connectivity index (χ3n) is 6.14. The van der Waals surface area contributed by atoms with Gasteiger partial charge < -0.3 is 0 Å². The second-order valence-electron chi connectivity index (χ2n) is 8.62. The molecule has 10 heteroatoms. The molecule has 3 aromatic rings. The summed E-state index contributed by atoms with van der Waals surface area (Å²) in [7, 11) is -7.94. The number of carbonyl (C=O) groups is 2. The van der Waals surface area contributed by atoms with Crippen LogP contribution in [0.15, 0.2) is 88.7 Å². The molecule has 0 fully saturated rings. The van der Waals surface area contributed by atoms with Gasteiger partial charge >= 0.3 is 0 Å². The third-order valence-corrected chi connectivity index (χ3v) is 10.4. The summed E-state index contributed by atoms with van der Waals surface area (Å²) in [4.78, 5) is 26.7. The number of hydrogen-bond acceptors (Lipinski definition) is 6. The van der Waals surface area contributed by atoms with E-state index in [1.54, 1.807) is 37.3 Å². The van der Waals surface area contributed by atoms with Crippen molar-refractivity contribution in [1.82, 2.24) is 8.61 Å². The Morgan fingerprint density at radius 1 is 0.800 bits per heavy atom. The highest BCUT2D eigenvalue weighted by molar-refractivity contribution is 8.04. The molecule has 1 unspecified atom stereocenters. The van der Waals surface area contributed by atoms with E-state index in [0.717, 1.165) is 10.5 Å².